The first-order chi connectivity index (χ1) is 19.8. The molecule has 7 aromatic carbocycles. The third-order valence-electron chi connectivity index (χ3n) is 7.84. The van der Waals surface area contributed by atoms with Crippen LogP contribution in [0.2, 0.25) is 0 Å². The highest BCUT2D eigenvalue weighted by Crippen LogP contribution is 2.34. The second-order valence-corrected chi connectivity index (χ2v) is 10.0. The van der Waals surface area contributed by atoms with Crippen molar-refractivity contribution in [2.45, 2.75) is 26.7 Å². The molecule has 0 amide bonds. The van der Waals surface area contributed by atoms with Crippen molar-refractivity contribution in [2.24, 2.45) is 0 Å². The Labute approximate surface area is 235 Å². The highest BCUT2D eigenvalue weighted by atomic mass is 14.1. The van der Waals surface area contributed by atoms with Crippen LogP contribution in [0.1, 0.15) is 25.0 Å². The standard InChI is InChI=1S/C40H24/c1-3-35-37-27-13-5-7-15-29-19-11-23-33-26-34-24-12-20-30(40(34)36(4-2)39(29)33)16-8-6-14-28-18-10-22-32(38(28)35)25-31(37)21-9-17-27/h9-12,17-26H,3-4H2,1-2H3. The van der Waals surface area contributed by atoms with E-state index in [1.54, 1.807) is 0 Å². The van der Waals surface area contributed by atoms with E-state index < -0.39 is 0 Å². The Morgan fingerprint density at radius 2 is 0.675 bits per heavy atom. The molecule has 0 N–H and O–H groups in total. The molecule has 7 aromatic rings. The van der Waals surface area contributed by atoms with Gasteiger partial charge in [0.1, 0.15) is 0 Å². The summed E-state index contributed by atoms with van der Waals surface area (Å²) in [4.78, 5) is 0. The van der Waals surface area contributed by atoms with Crippen LogP contribution in [0.25, 0.3) is 64.6 Å². The number of aryl methyl sites for hydroxylation is 2. The van der Waals surface area contributed by atoms with E-state index >= 15 is 0 Å². The van der Waals surface area contributed by atoms with Crippen molar-refractivity contribution in [3.63, 3.8) is 0 Å². The lowest BCUT2D eigenvalue weighted by Crippen LogP contribution is -1.89. The zero-order valence-corrected chi connectivity index (χ0v) is 22.5. The minimum Gasteiger partial charge on any atom is -0.0612 e. The quantitative estimate of drug-likeness (QED) is 0.206. The zero-order valence-electron chi connectivity index (χ0n) is 22.5. The fourth-order valence-corrected chi connectivity index (χ4v) is 6.21. The molecule has 0 unspecified atom stereocenters. The summed E-state index contributed by atoms with van der Waals surface area (Å²) in [6.45, 7) is 4.41. The zero-order chi connectivity index (χ0) is 27.1. The number of hydrogen-bond donors (Lipinski definition) is 0. The molecule has 4 bridgehead atoms. The summed E-state index contributed by atoms with van der Waals surface area (Å²) >= 11 is 0. The fourth-order valence-electron chi connectivity index (χ4n) is 6.21. The first-order valence-corrected chi connectivity index (χ1v) is 13.8. The lowest BCUT2D eigenvalue weighted by molar-refractivity contribution is 1.18. The van der Waals surface area contributed by atoms with Crippen molar-refractivity contribution < 1.29 is 0 Å². The van der Waals surface area contributed by atoms with Crippen LogP contribution < -0.4 is 0 Å². The second-order valence-electron chi connectivity index (χ2n) is 10.0. The summed E-state index contributed by atoms with van der Waals surface area (Å²) in [6, 6.07) is 56.2. The van der Waals surface area contributed by atoms with Crippen molar-refractivity contribution in [3.8, 4) is 0 Å². The first-order valence-electron chi connectivity index (χ1n) is 13.8. The molecule has 0 saturated heterocycles. The Morgan fingerprint density at radius 1 is 0.400 bits per heavy atom. The third-order valence-corrected chi connectivity index (χ3v) is 7.84. The molecule has 0 saturated carbocycles. The van der Waals surface area contributed by atoms with Gasteiger partial charge in [-0.3, -0.25) is 0 Å². The summed E-state index contributed by atoms with van der Waals surface area (Å²) < 4.78 is 0. The molecular weight excluding hydrogens is 480 g/mol. The third kappa shape index (κ3) is 3.80. The molecule has 0 atom stereocenters. The highest BCUT2D eigenvalue weighted by Gasteiger charge is 2.11. The average Bonchev–Trinajstić information content (AvgIpc) is 2.98. The lowest BCUT2D eigenvalue weighted by atomic mass is 9.92. The molecule has 0 aliphatic heterocycles. The Morgan fingerprint density at radius 3 is 0.925 bits per heavy atom. The van der Waals surface area contributed by atoms with Crippen LogP contribution in [0, 0.1) is 48.5 Å². The summed E-state index contributed by atoms with van der Waals surface area (Å²) in [5.74, 6) is 0. The highest BCUT2D eigenvalue weighted by molar-refractivity contribution is 6.14. The predicted molar refractivity (Wildman–Crippen MR) is 167 cm³/mol. The van der Waals surface area contributed by atoms with E-state index in [-0.39, 0.29) is 0 Å². The molecule has 184 valence electrons. The van der Waals surface area contributed by atoms with Gasteiger partial charge in [-0.1, -0.05) is 86.6 Å². The fraction of sp³-hybridized carbons (Fsp3) is 0.100. The Kier molecular flexibility index (Phi) is 5.76. The smallest absolute Gasteiger partial charge is 0.0337 e. The monoisotopic (exact) mass is 504 g/mol. The van der Waals surface area contributed by atoms with Gasteiger partial charge in [0.2, 0.25) is 0 Å². The van der Waals surface area contributed by atoms with Crippen LogP contribution in [0.5, 0.6) is 0 Å². The average molecular weight is 505 g/mol. The molecule has 0 spiro atoms. The van der Waals surface area contributed by atoms with E-state index in [2.05, 4.69) is 147 Å². The summed E-state index contributed by atoms with van der Waals surface area (Å²) in [5, 5.41) is 13.5. The van der Waals surface area contributed by atoms with E-state index in [0.717, 1.165) is 34.4 Å². The summed E-state index contributed by atoms with van der Waals surface area (Å²) in [5.41, 5.74) is 2.53. The van der Waals surface area contributed by atoms with Crippen LogP contribution in [-0.4, -0.2) is 0 Å². The predicted octanol–water partition coefficient (Wildman–Crippen LogP) is 9.82. The summed E-state index contributed by atoms with van der Waals surface area (Å²) in [7, 11) is 0. The first kappa shape index (κ1) is 23.7. The molecule has 0 aliphatic carbocycles. The maximum Gasteiger partial charge on any atom is 0.0337 e. The molecule has 0 heteroatoms. The van der Waals surface area contributed by atoms with Crippen LogP contribution in [0.3, 0.4) is 0 Å². The van der Waals surface area contributed by atoms with Gasteiger partial charge in [0.05, 0.1) is 0 Å². The normalized spacial score (nSPS) is 10.7. The van der Waals surface area contributed by atoms with Gasteiger partial charge in [-0.05, 0) is 106 Å². The van der Waals surface area contributed by atoms with Crippen LogP contribution in [-0.2, 0) is 12.8 Å². The van der Waals surface area contributed by atoms with E-state index in [9.17, 15) is 0 Å². The van der Waals surface area contributed by atoms with Crippen molar-refractivity contribution in [1.29, 1.82) is 0 Å². The molecular formula is C40H24. The lowest BCUT2D eigenvalue weighted by Gasteiger charge is -2.11. The van der Waals surface area contributed by atoms with Gasteiger partial charge in [-0.15, -0.1) is 0 Å². The molecule has 0 aromatic heterocycles. The van der Waals surface area contributed by atoms with Crippen molar-refractivity contribution in [2.75, 3.05) is 0 Å². The van der Waals surface area contributed by atoms with Crippen LogP contribution in [0.4, 0.5) is 0 Å². The van der Waals surface area contributed by atoms with E-state index in [1.807, 2.05) is 0 Å². The maximum atomic E-state index is 3.39. The van der Waals surface area contributed by atoms with Gasteiger partial charge in [-0.2, -0.15) is 0 Å². The Balaban J connectivity index is 1.68. The molecule has 0 fully saturated rings. The number of hydrogen-bond acceptors (Lipinski definition) is 0. The number of benzene rings is 6. The number of rotatable bonds is 2. The topological polar surface area (TPSA) is 0 Å². The molecule has 0 nitrogen and oxygen atoms in total. The molecule has 0 radical (unpaired) electrons. The van der Waals surface area contributed by atoms with Gasteiger partial charge in [0.25, 0.3) is 0 Å². The van der Waals surface area contributed by atoms with Crippen LogP contribution in [0.15, 0.2) is 84.9 Å². The van der Waals surface area contributed by atoms with Crippen molar-refractivity contribution >= 4 is 64.6 Å². The molecule has 40 heavy (non-hydrogen) atoms. The Bertz CT molecular complexity index is 1880. The Hall–Kier alpha value is -5.40. The van der Waals surface area contributed by atoms with Crippen molar-refractivity contribution in [3.05, 3.63) is 145 Å². The minimum absolute atomic E-state index is 0.876. The molecule has 7 rings (SSSR count). The van der Waals surface area contributed by atoms with E-state index in [0.29, 0.717) is 0 Å². The van der Waals surface area contributed by atoms with Gasteiger partial charge in [0, 0.05) is 43.1 Å². The molecule has 0 aliphatic rings. The second kappa shape index (κ2) is 9.72. The van der Waals surface area contributed by atoms with Gasteiger partial charge >= 0.3 is 0 Å². The van der Waals surface area contributed by atoms with Gasteiger partial charge < -0.3 is 0 Å². The van der Waals surface area contributed by atoms with E-state index in [1.165, 1.54) is 54.2 Å². The van der Waals surface area contributed by atoms with Crippen LogP contribution >= 0.6 is 0 Å². The van der Waals surface area contributed by atoms with Crippen molar-refractivity contribution in [1.82, 2.24) is 0 Å². The molecule has 0 heterocycles. The summed E-state index contributed by atoms with van der Waals surface area (Å²) in [6.07, 6.45) is 1.75. The SMILES string of the molecule is CCc1c2c3c#cc#cc4cccc5cc6cccc(c#cc#cc7cccc(cc2ccc3)c17)c6c(CC)c45. The minimum atomic E-state index is 0.876. The van der Waals surface area contributed by atoms with Gasteiger partial charge in [0.15, 0.2) is 0 Å². The van der Waals surface area contributed by atoms with Gasteiger partial charge in [-0.25, -0.2) is 0 Å². The van der Waals surface area contributed by atoms with E-state index in [4.69, 9.17) is 0 Å². The maximum absolute atomic E-state index is 3.39. The largest absolute Gasteiger partial charge is 0.0612 e.